The molecule has 2 N–H and O–H groups in total. The Morgan fingerprint density at radius 3 is 2.45 bits per heavy atom. The van der Waals surface area contributed by atoms with Gasteiger partial charge in [0, 0.05) is 38.9 Å². The van der Waals surface area contributed by atoms with Crippen LogP contribution in [0, 0.1) is 0 Å². The maximum Gasteiger partial charge on any atom is 0.270 e. The number of aliphatic hydroxyl groups is 1. The molecular weight excluding hydrogens is 278 g/mol. The topological polar surface area (TPSA) is 59.6 Å². The number of hydrogen-bond acceptors (Lipinski definition) is 3. The van der Waals surface area contributed by atoms with Crippen LogP contribution in [0.4, 0.5) is 0 Å². The van der Waals surface area contributed by atoms with Crippen LogP contribution in [0.15, 0.2) is 48.7 Å². The fourth-order valence-corrected chi connectivity index (χ4v) is 2.79. The van der Waals surface area contributed by atoms with E-state index in [1.165, 1.54) is 0 Å². The molecule has 5 nitrogen and oxygen atoms in total. The summed E-state index contributed by atoms with van der Waals surface area (Å²) in [5, 5.41) is 10.3. The van der Waals surface area contributed by atoms with Crippen LogP contribution in [0.5, 0.6) is 0 Å². The lowest BCUT2D eigenvalue weighted by Gasteiger charge is -2.35. The lowest BCUT2D eigenvalue weighted by molar-refractivity contribution is 0.0523. The van der Waals surface area contributed by atoms with E-state index in [-0.39, 0.29) is 5.91 Å². The normalized spacial score (nSPS) is 17.4. The highest BCUT2D eigenvalue weighted by Crippen LogP contribution is 2.15. The highest BCUT2D eigenvalue weighted by atomic mass is 16.3. The molecule has 2 heterocycles. The van der Waals surface area contributed by atoms with Crippen LogP contribution in [0.2, 0.25) is 0 Å². The Bertz CT molecular complexity index is 590. The fraction of sp³-hybridized carbons (Fsp3) is 0.353. The number of β-amino-alcohol motifs (C(OH)–C–C–N with tert-alkyl or cyclic N) is 1. The lowest BCUT2D eigenvalue weighted by atomic mass is 10.1. The minimum atomic E-state index is -0.480. The van der Waals surface area contributed by atoms with Gasteiger partial charge in [-0.3, -0.25) is 9.69 Å². The number of aromatic nitrogens is 1. The molecule has 1 aromatic heterocycles. The summed E-state index contributed by atoms with van der Waals surface area (Å²) in [5.41, 5.74) is 1.57. The number of amides is 1. The van der Waals surface area contributed by atoms with E-state index in [4.69, 9.17) is 0 Å². The highest BCUT2D eigenvalue weighted by Gasteiger charge is 2.23. The van der Waals surface area contributed by atoms with Crippen LogP contribution >= 0.6 is 0 Å². The van der Waals surface area contributed by atoms with Crippen molar-refractivity contribution in [3.05, 3.63) is 59.9 Å². The zero-order valence-electron chi connectivity index (χ0n) is 12.5. The molecule has 0 spiro atoms. The van der Waals surface area contributed by atoms with Crippen LogP contribution in [-0.2, 0) is 0 Å². The largest absolute Gasteiger partial charge is 0.387 e. The molecule has 0 bridgehead atoms. The number of benzene rings is 1. The average molecular weight is 299 g/mol. The Balaban J connectivity index is 1.51. The molecule has 5 heteroatoms. The standard InChI is InChI=1S/C17H21N3O2/c21-16(14-5-2-1-3-6-14)13-19-9-11-20(12-10-19)17(22)15-7-4-8-18-15/h1-8,16,18,21H,9-13H2/t16-/m1/s1. The number of piperazine rings is 1. The Kier molecular flexibility index (Phi) is 4.56. The van der Waals surface area contributed by atoms with Gasteiger partial charge in [-0.25, -0.2) is 0 Å². The van der Waals surface area contributed by atoms with Crippen LogP contribution in [0.3, 0.4) is 0 Å². The van der Waals surface area contributed by atoms with Crippen LogP contribution in [0.1, 0.15) is 22.2 Å². The van der Waals surface area contributed by atoms with Gasteiger partial charge < -0.3 is 15.0 Å². The number of rotatable bonds is 4. The number of nitrogens with one attached hydrogen (secondary N) is 1. The molecule has 1 amide bonds. The zero-order chi connectivity index (χ0) is 15.4. The van der Waals surface area contributed by atoms with Crippen molar-refractivity contribution < 1.29 is 9.90 Å². The van der Waals surface area contributed by atoms with E-state index < -0.39 is 6.10 Å². The third-order valence-corrected chi connectivity index (χ3v) is 4.10. The number of carbonyl (C=O) groups is 1. The van der Waals surface area contributed by atoms with Gasteiger partial charge in [-0.05, 0) is 17.7 Å². The van der Waals surface area contributed by atoms with Crippen molar-refractivity contribution >= 4 is 5.91 Å². The first-order chi connectivity index (χ1) is 10.7. The molecule has 3 rings (SSSR count). The number of nitrogens with zero attached hydrogens (tertiary/aromatic N) is 2. The van der Waals surface area contributed by atoms with E-state index in [9.17, 15) is 9.90 Å². The summed E-state index contributed by atoms with van der Waals surface area (Å²) >= 11 is 0. The van der Waals surface area contributed by atoms with Gasteiger partial charge in [0.25, 0.3) is 5.91 Å². The maximum atomic E-state index is 12.2. The molecule has 0 unspecified atom stereocenters. The smallest absolute Gasteiger partial charge is 0.270 e. The summed E-state index contributed by atoms with van der Waals surface area (Å²) in [6, 6.07) is 13.3. The summed E-state index contributed by atoms with van der Waals surface area (Å²) < 4.78 is 0. The summed E-state index contributed by atoms with van der Waals surface area (Å²) in [5.74, 6) is 0.0493. The summed E-state index contributed by atoms with van der Waals surface area (Å²) in [6.07, 6.45) is 1.28. The molecule has 1 aromatic carbocycles. The predicted molar refractivity (Wildman–Crippen MR) is 84.5 cm³/mol. The Morgan fingerprint density at radius 2 is 1.82 bits per heavy atom. The molecule has 1 saturated heterocycles. The first-order valence-corrected chi connectivity index (χ1v) is 7.62. The van der Waals surface area contributed by atoms with E-state index in [0.29, 0.717) is 25.3 Å². The average Bonchev–Trinajstić information content (AvgIpc) is 3.10. The van der Waals surface area contributed by atoms with E-state index in [0.717, 1.165) is 18.7 Å². The lowest BCUT2D eigenvalue weighted by Crippen LogP contribution is -2.49. The maximum absolute atomic E-state index is 12.2. The van der Waals surface area contributed by atoms with Crippen molar-refractivity contribution in [2.45, 2.75) is 6.10 Å². The van der Waals surface area contributed by atoms with Gasteiger partial charge in [0.1, 0.15) is 5.69 Å². The van der Waals surface area contributed by atoms with Gasteiger partial charge in [0.15, 0.2) is 0 Å². The molecule has 22 heavy (non-hydrogen) atoms. The predicted octanol–water partition coefficient (Wildman–Crippen LogP) is 1.51. The molecule has 0 radical (unpaired) electrons. The summed E-state index contributed by atoms with van der Waals surface area (Å²) in [6.45, 7) is 3.57. The van der Waals surface area contributed by atoms with E-state index >= 15 is 0 Å². The third-order valence-electron chi connectivity index (χ3n) is 4.10. The van der Waals surface area contributed by atoms with Crippen LogP contribution in [-0.4, -0.2) is 58.5 Å². The highest BCUT2D eigenvalue weighted by molar-refractivity contribution is 5.92. The van der Waals surface area contributed by atoms with Gasteiger partial charge in [0.05, 0.1) is 6.10 Å². The van der Waals surface area contributed by atoms with Gasteiger partial charge in [0.2, 0.25) is 0 Å². The monoisotopic (exact) mass is 299 g/mol. The van der Waals surface area contributed by atoms with Crippen molar-refractivity contribution in [1.82, 2.24) is 14.8 Å². The Hall–Kier alpha value is -2.11. The molecule has 1 atom stereocenters. The van der Waals surface area contributed by atoms with Gasteiger partial charge >= 0.3 is 0 Å². The number of aliphatic hydroxyl groups excluding tert-OH is 1. The number of aromatic amines is 1. The molecule has 1 aliphatic heterocycles. The van der Waals surface area contributed by atoms with E-state index in [1.54, 1.807) is 12.3 Å². The van der Waals surface area contributed by atoms with Crippen LogP contribution < -0.4 is 0 Å². The molecule has 0 saturated carbocycles. The quantitative estimate of drug-likeness (QED) is 0.899. The second kappa shape index (κ2) is 6.77. The molecule has 2 aromatic rings. The van der Waals surface area contributed by atoms with Crippen molar-refractivity contribution in [1.29, 1.82) is 0 Å². The first kappa shape index (κ1) is 14.8. The minimum Gasteiger partial charge on any atom is -0.387 e. The van der Waals surface area contributed by atoms with Gasteiger partial charge in [-0.1, -0.05) is 30.3 Å². The molecule has 1 fully saturated rings. The van der Waals surface area contributed by atoms with Gasteiger partial charge in [-0.15, -0.1) is 0 Å². The summed E-state index contributed by atoms with van der Waals surface area (Å²) in [4.78, 5) is 19.3. The summed E-state index contributed by atoms with van der Waals surface area (Å²) in [7, 11) is 0. The van der Waals surface area contributed by atoms with E-state index in [2.05, 4.69) is 9.88 Å². The van der Waals surface area contributed by atoms with E-state index in [1.807, 2.05) is 41.3 Å². The first-order valence-electron chi connectivity index (χ1n) is 7.62. The third kappa shape index (κ3) is 3.37. The molecule has 0 aliphatic carbocycles. The molecular formula is C17H21N3O2. The minimum absolute atomic E-state index is 0.0493. The SMILES string of the molecule is O=C(c1ccc[nH]1)N1CCN(C[C@@H](O)c2ccccc2)CC1. The number of H-pyrrole nitrogens is 1. The Morgan fingerprint density at radius 1 is 1.09 bits per heavy atom. The zero-order valence-corrected chi connectivity index (χ0v) is 12.5. The molecule has 1 aliphatic rings. The van der Waals surface area contributed by atoms with Crippen molar-refractivity contribution in [2.75, 3.05) is 32.7 Å². The number of carbonyl (C=O) groups excluding carboxylic acids is 1. The second-order valence-electron chi connectivity index (χ2n) is 5.60. The van der Waals surface area contributed by atoms with Crippen molar-refractivity contribution in [3.8, 4) is 0 Å². The van der Waals surface area contributed by atoms with Gasteiger partial charge in [-0.2, -0.15) is 0 Å². The number of hydrogen-bond donors (Lipinski definition) is 2. The van der Waals surface area contributed by atoms with Crippen molar-refractivity contribution in [3.63, 3.8) is 0 Å². The van der Waals surface area contributed by atoms with Crippen molar-refractivity contribution in [2.24, 2.45) is 0 Å². The fourth-order valence-electron chi connectivity index (χ4n) is 2.79. The Labute approximate surface area is 130 Å². The molecule has 116 valence electrons. The second-order valence-corrected chi connectivity index (χ2v) is 5.60. The van der Waals surface area contributed by atoms with Crippen LogP contribution in [0.25, 0.3) is 0 Å².